The van der Waals surface area contributed by atoms with Gasteiger partial charge in [0.15, 0.2) is 0 Å². The number of rotatable bonds is 3. The summed E-state index contributed by atoms with van der Waals surface area (Å²) >= 11 is 0. The van der Waals surface area contributed by atoms with Crippen molar-refractivity contribution in [1.82, 2.24) is 0 Å². The zero-order valence-electron chi connectivity index (χ0n) is 9.02. The van der Waals surface area contributed by atoms with Crippen LogP contribution in [0.25, 0.3) is 0 Å². The smallest absolute Gasteiger partial charge is 0.121 e. The molecule has 1 unspecified atom stereocenters. The fraction of sp³-hybridized carbons (Fsp3) is 0.286. The van der Waals surface area contributed by atoms with E-state index >= 15 is 0 Å². The lowest BCUT2D eigenvalue weighted by Gasteiger charge is -2.17. The van der Waals surface area contributed by atoms with Crippen molar-refractivity contribution in [2.75, 3.05) is 0 Å². The molecule has 0 bridgehead atoms. The lowest BCUT2D eigenvalue weighted by atomic mass is 10.0. The minimum Gasteiger partial charge on any atom is -0.486 e. The second-order valence-electron chi connectivity index (χ2n) is 3.70. The van der Waals surface area contributed by atoms with Crippen LogP contribution in [-0.2, 0) is 0 Å². The molecule has 0 spiro atoms. The first-order chi connectivity index (χ1) is 7.38. The molecular formula is C14H16O. The predicted molar refractivity (Wildman–Crippen MR) is 63.0 cm³/mol. The Morgan fingerprint density at radius 2 is 2.07 bits per heavy atom. The molecule has 1 aromatic carbocycles. The van der Waals surface area contributed by atoms with Gasteiger partial charge in [0.05, 0.1) is 0 Å². The van der Waals surface area contributed by atoms with E-state index < -0.39 is 0 Å². The summed E-state index contributed by atoms with van der Waals surface area (Å²) in [4.78, 5) is 0. The van der Waals surface area contributed by atoms with Gasteiger partial charge in [-0.3, -0.25) is 0 Å². The van der Waals surface area contributed by atoms with E-state index in [4.69, 9.17) is 4.74 Å². The minimum absolute atomic E-state index is 0.197. The van der Waals surface area contributed by atoms with E-state index in [1.807, 2.05) is 30.3 Å². The quantitative estimate of drug-likeness (QED) is 0.722. The van der Waals surface area contributed by atoms with Crippen LogP contribution >= 0.6 is 0 Å². The van der Waals surface area contributed by atoms with Crippen molar-refractivity contribution in [1.29, 1.82) is 0 Å². The first-order valence-electron chi connectivity index (χ1n) is 5.47. The summed E-state index contributed by atoms with van der Waals surface area (Å²) in [7, 11) is 0. The normalized spacial score (nSPS) is 19.8. The summed E-state index contributed by atoms with van der Waals surface area (Å²) in [6, 6.07) is 9.98. The van der Waals surface area contributed by atoms with Gasteiger partial charge in [-0.05, 0) is 24.6 Å². The monoisotopic (exact) mass is 200 g/mol. The van der Waals surface area contributed by atoms with Gasteiger partial charge in [-0.1, -0.05) is 42.8 Å². The Hall–Kier alpha value is -1.50. The highest BCUT2D eigenvalue weighted by molar-refractivity contribution is 5.27. The van der Waals surface area contributed by atoms with E-state index in [9.17, 15) is 0 Å². The van der Waals surface area contributed by atoms with Crippen molar-refractivity contribution in [3.63, 3.8) is 0 Å². The number of hydrogen-bond donors (Lipinski definition) is 0. The SMILES string of the molecule is CCC1=CCC(Oc2ccccc2)C=C1. The molecule has 1 aliphatic carbocycles. The molecule has 0 fully saturated rings. The van der Waals surface area contributed by atoms with Gasteiger partial charge in [-0.15, -0.1) is 0 Å². The van der Waals surface area contributed by atoms with Gasteiger partial charge in [-0.25, -0.2) is 0 Å². The highest BCUT2D eigenvalue weighted by atomic mass is 16.5. The number of para-hydroxylation sites is 1. The van der Waals surface area contributed by atoms with Crippen molar-refractivity contribution in [3.05, 3.63) is 54.1 Å². The van der Waals surface area contributed by atoms with Gasteiger partial charge >= 0.3 is 0 Å². The zero-order valence-corrected chi connectivity index (χ0v) is 9.02. The zero-order chi connectivity index (χ0) is 10.5. The molecule has 0 amide bonds. The van der Waals surface area contributed by atoms with Gasteiger partial charge < -0.3 is 4.74 Å². The van der Waals surface area contributed by atoms with Crippen LogP contribution in [0.5, 0.6) is 5.75 Å². The summed E-state index contributed by atoms with van der Waals surface area (Å²) in [6.45, 7) is 2.18. The lowest BCUT2D eigenvalue weighted by Crippen LogP contribution is -2.14. The molecule has 0 aromatic heterocycles. The summed E-state index contributed by atoms with van der Waals surface area (Å²) in [5.41, 5.74) is 1.41. The first-order valence-corrected chi connectivity index (χ1v) is 5.47. The standard InChI is InChI=1S/C14H16O/c1-2-12-8-10-14(11-9-12)15-13-6-4-3-5-7-13/h3-10,14H,2,11H2,1H3. The molecule has 1 heteroatoms. The number of hydrogen-bond acceptors (Lipinski definition) is 1. The molecule has 1 aromatic rings. The summed E-state index contributed by atoms with van der Waals surface area (Å²) in [5, 5.41) is 0. The molecule has 0 aliphatic heterocycles. The molecule has 0 saturated heterocycles. The van der Waals surface area contributed by atoms with E-state index in [0.717, 1.165) is 18.6 Å². The van der Waals surface area contributed by atoms with Crippen LogP contribution in [0.3, 0.4) is 0 Å². The Labute approximate surface area is 91.1 Å². The maximum Gasteiger partial charge on any atom is 0.121 e. The largest absolute Gasteiger partial charge is 0.486 e. The second-order valence-corrected chi connectivity index (χ2v) is 3.70. The van der Waals surface area contributed by atoms with E-state index in [0.29, 0.717) is 0 Å². The van der Waals surface area contributed by atoms with Gasteiger partial charge in [-0.2, -0.15) is 0 Å². The summed E-state index contributed by atoms with van der Waals surface area (Å²) in [5.74, 6) is 0.945. The van der Waals surface area contributed by atoms with Crippen molar-refractivity contribution in [2.24, 2.45) is 0 Å². The van der Waals surface area contributed by atoms with Crippen LogP contribution < -0.4 is 4.74 Å². The molecule has 0 radical (unpaired) electrons. The van der Waals surface area contributed by atoms with Gasteiger partial charge in [0.1, 0.15) is 11.9 Å². The summed E-state index contributed by atoms with van der Waals surface area (Å²) in [6.07, 6.45) is 8.85. The maximum absolute atomic E-state index is 5.82. The van der Waals surface area contributed by atoms with Crippen LogP contribution in [0, 0.1) is 0 Å². The van der Waals surface area contributed by atoms with E-state index in [2.05, 4.69) is 25.2 Å². The molecule has 15 heavy (non-hydrogen) atoms. The Morgan fingerprint density at radius 3 is 2.67 bits per heavy atom. The first kappa shape index (κ1) is 10.0. The number of ether oxygens (including phenoxy) is 1. The average Bonchev–Trinajstić information content (AvgIpc) is 2.31. The van der Waals surface area contributed by atoms with Gasteiger partial charge in [0.2, 0.25) is 0 Å². The third-order valence-electron chi connectivity index (χ3n) is 2.58. The van der Waals surface area contributed by atoms with Gasteiger partial charge in [0, 0.05) is 6.42 Å². The van der Waals surface area contributed by atoms with Crippen molar-refractivity contribution < 1.29 is 4.74 Å². The van der Waals surface area contributed by atoms with E-state index in [1.54, 1.807) is 0 Å². The predicted octanol–water partition coefficient (Wildman–Crippen LogP) is 3.73. The topological polar surface area (TPSA) is 9.23 Å². The summed E-state index contributed by atoms with van der Waals surface area (Å²) < 4.78 is 5.82. The molecule has 0 saturated carbocycles. The highest BCUT2D eigenvalue weighted by Crippen LogP contribution is 2.18. The molecule has 2 rings (SSSR count). The van der Waals surface area contributed by atoms with Crippen LogP contribution in [0.2, 0.25) is 0 Å². The minimum atomic E-state index is 0.197. The average molecular weight is 200 g/mol. The number of benzene rings is 1. The Morgan fingerprint density at radius 1 is 1.27 bits per heavy atom. The fourth-order valence-corrected chi connectivity index (χ4v) is 1.67. The Bertz CT molecular complexity index is 362. The van der Waals surface area contributed by atoms with E-state index in [-0.39, 0.29) is 6.10 Å². The molecule has 78 valence electrons. The third-order valence-corrected chi connectivity index (χ3v) is 2.58. The second kappa shape index (κ2) is 4.83. The molecular weight excluding hydrogens is 184 g/mol. The van der Waals surface area contributed by atoms with Crippen LogP contribution in [0.1, 0.15) is 19.8 Å². The van der Waals surface area contributed by atoms with Crippen LogP contribution in [0.4, 0.5) is 0 Å². The van der Waals surface area contributed by atoms with Crippen molar-refractivity contribution >= 4 is 0 Å². The fourth-order valence-electron chi connectivity index (χ4n) is 1.67. The molecule has 0 heterocycles. The molecule has 1 atom stereocenters. The molecule has 0 N–H and O–H groups in total. The molecule has 1 nitrogen and oxygen atoms in total. The van der Waals surface area contributed by atoms with Crippen LogP contribution in [0.15, 0.2) is 54.1 Å². The number of allylic oxidation sites excluding steroid dienone is 2. The Kier molecular flexibility index (Phi) is 3.23. The van der Waals surface area contributed by atoms with Crippen molar-refractivity contribution in [2.45, 2.75) is 25.9 Å². The van der Waals surface area contributed by atoms with E-state index in [1.165, 1.54) is 5.57 Å². The van der Waals surface area contributed by atoms with Crippen LogP contribution in [-0.4, -0.2) is 6.10 Å². The van der Waals surface area contributed by atoms with Gasteiger partial charge in [0.25, 0.3) is 0 Å². The maximum atomic E-state index is 5.82. The highest BCUT2D eigenvalue weighted by Gasteiger charge is 2.08. The van der Waals surface area contributed by atoms with Crippen molar-refractivity contribution in [3.8, 4) is 5.75 Å². The molecule has 1 aliphatic rings. The lowest BCUT2D eigenvalue weighted by molar-refractivity contribution is 0.251. The Balaban J connectivity index is 1.94. The third kappa shape index (κ3) is 2.72.